The number of likely N-dealkylation sites (tertiary alicyclic amines) is 1. The molecular formula is C13H22N4O. The number of nitrogens with one attached hydrogen (secondary N) is 1. The molecule has 0 atom stereocenters. The Hall–Kier alpha value is -1.36. The van der Waals surface area contributed by atoms with Crippen LogP contribution in [0.4, 0.5) is 5.82 Å². The maximum Gasteiger partial charge on any atom is 0.218 e. The first-order valence-electron chi connectivity index (χ1n) is 6.62. The summed E-state index contributed by atoms with van der Waals surface area (Å²) in [5.41, 5.74) is 0. The van der Waals surface area contributed by atoms with Crippen LogP contribution >= 0.6 is 0 Å². The maximum absolute atomic E-state index is 5.95. The van der Waals surface area contributed by atoms with E-state index in [0.29, 0.717) is 5.88 Å². The van der Waals surface area contributed by atoms with Gasteiger partial charge in [0.15, 0.2) is 0 Å². The minimum Gasteiger partial charge on any atom is -0.474 e. The summed E-state index contributed by atoms with van der Waals surface area (Å²) in [6.45, 7) is 6.98. The highest BCUT2D eigenvalue weighted by Gasteiger charge is 2.18. The Morgan fingerprint density at radius 1 is 1.39 bits per heavy atom. The highest BCUT2D eigenvalue weighted by molar-refractivity contribution is 5.38. The summed E-state index contributed by atoms with van der Waals surface area (Å²) in [7, 11) is 2.15. The van der Waals surface area contributed by atoms with Crippen molar-refractivity contribution >= 4 is 5.82 Å². The molecule has 5 nitrogen and oxygen atoms in total. The molecule has 0 spiro atoms. The fourth-order valence-electron chi connectivity index (χ4n) is 2.15. The monoisotopic (exact) mass is 250 g/mol. The quantitative estimate of drug-likeness (QED) is 0.881. The molecule has 1 fully saturated rings. The minimum atomic E-state index is 0.282. The molecule has 100 valence electrons. The largest absolute Gasteiger partial charge is 0.474 e. The van der Waals surface area contributed by atoms with Crippen LogP contribution in [0.3, 0.4) is 0 Å². The van der Waals surface area contributed by atoms with Crippen molar-refractivity contribution in [1.29, 1.82) is 0 Å². The predicted octanol–water partition coefficient (Wildman–Crippen LogP) is 1.69. The average molecular weight is 250 g/mol. The molecule has 0 unspecified atom stereocenters. The van der Waals surface area contributed by atoms with Gasteiger partial charge in [0.25, 0.3) is 0 Å². The van der Waals surface area contributed by atoms with E-state index in [0.717, 1.165) is 44.1 Å². The number of ether oxygens (including phenoxy) is 1. The number of hydrogen-bond acceptors (Lipinski definition) is 5. The van der Waals surface area contributed by atoms with Crippen molar-refractivity contribution in [1.82, 2.24) is 14.9 Å². The normalized spacial score (nSPS) is 17.7. The lowest BCUT2D eigenvalue weighted by molar-refractivity contribution is 0.110. The van der Waals surface area contributed by atoms with Gasteiger partial charge in [0.1, 0.15) is 17.7 Å². The van der Waals surface area contributed by atoms with Crippen molar-refractivity contribution in [2.75, 3.05) is 32.0 Å². The minimum absolute atomic E-state index is 0.282. The van der Waals surface area contributed by atoms with Crippen LogP contribution in [0, 0.1) is 6.92 Å². The van der Waals surface area contributed by atoms with Gasteiger partial charge >= 0.3 is 0 Å². The van der Waals surface area contributed by atoms with Crippen LogP contribution in [0.2, 0.25) is 0 Å². The zero-order valence-corrected chi connectivity index (χ0v) is 11.4. The standard InChI is InChI=1S/C13H22N4O/c1-4-14-12-9-13(16-10(2)15-12)18-11-5-7-17(3)8-6-11/h9,11H,4-8H2,1-3H3,(H,14,15,16). The van der Waals surface area contributed by atoms with Gasteiger partial charge in [-0.25, -0.2) is 4.98 Å². The van der Waals surface area contributed by atoms with Crippen LogP contribution in [0.5, 0.6) is 5.88 Å². The first-order chi connectivity index (χ1) is 8.67. The van der Waals surface area contributed by atoms with E-state index in [-0.39, 0.29) is 6.10 Å². The lowest BCUT2D eigenvalue weighted by Crippen LogP contribution is -2.35. The molecule has 1 aliphatic heterocycles. The van der Waals surface area contributed by atoms with E-state index in [9.17, 15) is 0 Å². The van der Waals surface area contributed by atoms with E-state index in [1.807, 2.05) is 13.0 Å². The fraction of sp³-hybridized carbons (Fsp3) is 0.692. The van der Waals surface area contributed by atoms with Crippen molar-refractivity contribution in [3.05, 3.63) is 11.9 Å². The van der Waals surface area contributed by atoms with Crippen molar-refractivity contribution in [2.24, 2.45) is 0 Å². The summed E-state index contributed by atoms with van der Waals surface area (Å²) < 4.78 is 5.95. The lowest BCUT2D eigenvalue weighted by atomic mass is 10.1. The Bertz CT molecular complexity index is 389. The molecular weight excluding hydrogens is 228 g/mol. The molecule has 0 radical (unpaired) electrons. The summed E-state index contributed by atoms with van der Waals surface area (Å²) >= 11 is 0. The van der Waals surface area contributed by atoms with Gasteiger partial charge < -0.3 is 15.0 Å². The third kappa shape index (κ3) is 3.57. The molecule has 1 saturated heterocycles. The molecule has 1 aliphatic rings. The number of hydrogen-bond donors (Lipinski definition) is 1. The predicted molar refractivity (Wildman–Crippen MR) is 72.1 cm³/mol. The number of piperidine rings is 1. The number of nitrogens with zero attached hydrogens (tertiary/aromatic N) is 3. The molecule has 0 aliphatic carbocycles. The molecule has 2 heterocycles. The van der Waals surface area contributed by atoms with Gasteiger partial charge in [-0.3, -0.25) is 0 Å². The number of aromatic nitrogens is 2. The third-order valence-electron chi connectivity index (χ3n) is 3.13. The van der Waals surface area contributed by atoms with Crippen LogP contribution in [0.15, 0.2) is 6.07 Å². The molecule has 1 aromatic rings. The molecule has 1 aromatic heterocycles. The number of rotatable bonds is 4. The zero-order chi connectivity index (χ0) is 13.0. The van der Waals surface area contributed by atoms with Crippen molar-refractivity contribution < 1.29 is 4.74 Å². The maximum atomic E-state index is 5.95. The molecule has 18 heavy (non-hydrogen) atoms. The third-order valence-corrected chi connectivity index (χ3v) is 3.13. The van der Waals surface area contributed by atoms with Gasteiger partial charge in [-0.1, -0.05) is 0 Å². The topological polar surface area (TPSA) is 50.3 Å². The Balaban J connectivity index is 2.00. The van der Waals surface area contributed by atoms with Crippen molar-refractivity contribution in [2.45, 2.75) is 32.8 Å². The molecule has 0 aromatic carbocycles. The van der Waals surface area contributed by atoms with E-state index >= 15 is 0 Å². The molecule has 1 N–H and O–H groups in total. The second-order valence-corrected chi connectivity index (χ2v) is 4.79. The van der Waals surface area contributed by atoms with Gasteiger partial charge in [0.05, 0.1) is 0 Å². The molecule has 0 bridgehead atoms. The molecule has 0 saturated carbocycles. The second-order valence-electron chi connectivity index (χ2n) is 4.79. The average Bonchev–Trinajstić information content (AvgIpc) is 2.32. The zero-order valence-electron chi connectivity index (χ0n) is 11.4. The van der Waals surface area contributed by atoms with Gasteiger partial charge in [-0.15, -0.1) is 0 Å². The lowest BCUT2D eigenvalue weighted by Gasteiger charge is -2.29. The fourth-order valence-corrected chi connectivity index (χ4v) is 2.15. The first kappa shape index (κ1) is 13.1. The Labute approximate surface area is 109 Å². The van der Waals surface area contributed by atoms with Crippen LogP contribution in [-0.2, 0) is 0 Å². The van der Waals surface area contributed by atoms with E-state index in [1.165, 1.54) is 0 Å². The van der Waals surface area contributed by atoms with Gasteiger partial charge in [-0.05, 0) is 33.7 Å². The first-order valence-corrected chi connectivity index (χ1v) is 6.62. The Morgan fingerprint density at radius 3 is 2.78 bits per heavy atom. The van der Waals surface area contributed by atoms with E-state index in [1.54, 1.807) is 0 Å². The number of anilines is 1. The smallest absolute Gasteiger partial charge is 0.218 e. The van der Waals surface area contributed by atoms with Crippen LogP contribution < -0.4 is 10.1 Å². The summed E-state index contributed by atoms with van der Waals surface area (Å²) in [5, 5.41) is 3.19. The Morgan fingerprint density at radius 2 is 2.11 bits per heavy atom. The summed E-state index contributed by atoms with van der Waals surface area (Å²) in [4.78, 5) is 11.0. The highest BCUT2D eigenvalue weighted by Crippen LogP contribution is 2.19. The second kappa shape index (κ2) is 6.00. The highest BCUT2D eigenvalue weighted by atomic mass is 16.5. The van der Waals surface area contributed by atoms with Crippen molar-refractivity contribution in [3.8, 4) is 5.88 Å². The van der Waals surface area contributed by atoms with Crippen LogP contribution in [-0.4, -0.2) is 47.7 Å². The van der Waals surface area contributed by atoms with Crippen LogP contribution in [0.1, 0.15) is 25.6 Å². The SMILES string of the molecule is CCNc1cc(OC2CCN(C)CC2)nc(C)n1. The van der Waals surface area contributed by atoms with Crippen LogP contribution in [0.25, 0.3) is 0 Å². The van der Waals surface area contributed by atoms with Gasteiger partial charge in [0.2, 0.25) is 5.88 Å². The van der Waals surface area contributed by atoms with E-state index < -0.39 is 0 Å². The summed E-state index contributed by atoms with van der Waals surface area (Å²) in [6.07, 6.45) is 2.41. The molecule has 0 amide bonds. The van der Waals surface area contributed by atoms with Gasteiger partial charge in [0, 0.05) is 25.7 Å². The summed E-state index contributed by atoms with van der Waals surface area (Å²) in [5.74, 6) is 2.28. The van der Waals surface area contributed by atoms with E-state index in [2.05, 4.69) is 34.2 Å². The molecule has 2 rings (SSSR count). The summed E-state index contributed by atoms with van der Waals surface area (Å²) in [6, 6.07) is 1.88. The molecule has 5 heteroatoms. The Kier molecular flexibility index (Phi) is 4.36. The van der Waals surface area contributed by atoms with E-state index in [4.69, 9.17) is 4.74 Å². The number of aryl methyl sites for hydroxylation is 1. The van der Waals surface area contributed by atoms with Gasteiger partial charge in [-0.2, -0.15) is 4.98 Å². The van der Waals surface area contributed by atoms with Crippen molar-refractivity contribution in [3.63, 3.8) is 0 Å².